The molecule has 7 heteroatoms. The number of piperazine rings is 1. The number of amides is 2. The second kappa shape index (κ2) is 7.66. The number of anilines is 1. The van der Waals surface area contributed by atoms with Gasteiger partial charge in [-0.1, -0.05) is 29.8 Å². The van der Waals surface area contributed by atoms with Gasteiger partial charge in [-0.15, -0.1) is 0 Å². The molecule has 2 aliphatic heterocycles. The summed E-state index contributed by atoms with van der Waals surface area (Å²) in [5, 5.41) is 0. The van der Waals surface area contributed by atoms with Crippen molar-refractivity contribution in [3.63, 3.8) is 0 Å². The molecule has 0 aliphatic carbocycles. The molecule has 0 spiro atoms. The molecule has 1 aromatic heterocycles. The third-order valence-electron chi connectivity index (χ3n) is 5.38. The summed E-state index contributed by atoms with van der Waals surface area (Å²) in [6, 6.07) is 9.40. The lowest BCUT2D eigenvalue weighted by atomic mass is 10.0. The van der Waals surface area contributed by atoms with E-state index in [1.807, 2.05) is 49.9 Å². The fourth-order valence-electron chi connectivity index (χ4n) is 3.86. The Kier molecular flexibility index (Phi) is 5.05. The number of carbonyl (C=O) groups is 2. The molecule has 150 valence electrons. The van der Waals surface area contributed by atoms with Crippen LogP contribution in [0.15, 0.2) is 48.4 Å². The Labute approximate surface area is 170 Å². The number of rotatable bonds is 4. The minimum Gasteiger partial charge on any atom is -0.363 e. The van der Waals surface area contributed by atoms with Crippen LogP contribution in [0.2, 0.25) is 0 Å². The average molecular weight is 391 g/mol. The van der Waals surface area contributed by atoms with E-state index in [2.05, 4.69) is 14.9 Å². The highest BCUT2D eigenvalue weighted by Gasteiger charge is 2.43. The van der Waals surface area contributed by atoms with Crippen molar-refractivity contribution in [2.24, 2.45) is 0 Å². The molecule has 0 radical (unpaired) electrons. The van der Waals surface area contributed by atoms with Gasteiger partial charge in [0, 0.05) is 44.6 Å². The van der Waals surface area contributed by atoms with Crippen LogP contribution in [-0.4, -0.2) is 63.8 Å². The predicted octanol–water partition coefficient (Wildman–Crippen LogP) is 2.10. The van der Waals surface area contributed by atoms with Crippen molar-refractivity contribution >= 4 is 23.3 Å². The van der Waals surface area contributed by atoms with Crippen LogP contribution in [0.25, 0.3) is 5.57 Å². The predicted molar refractivity (Wildman–Crippen MR) is 111 cm³/mol. The van der Waals surface area contributed by atoms with Crippen LogP contribution in [0.3, 0.4) is 0 Å². The van der Waals surface area contributed by atoms with E-state index in [9.17, 15) is 9.59 Å². The number of nitrogens with zero attached hydrogens (tertiary/aromatic N) is 5. The molecular formula is C22H25N5O2. The van der Waals surface area contributed by atoms with Crippen LogP contribution in [0, 0.1) is 6.92 Å². The van der Waals surface area contributed by atoms with E-state index >= 15 is 0 Å². The zero-order valence-electron chi connectivity index (χ0n) is 17.0. The van der Waals surface area contributed by atoms with E-state index in [0.717, 1.165) is 11.1 Å². The Balaban J connectivity index is 1.66. The lowest BCUT2D eigenvalue weighted by molar-refractivity contribution is -0.139. The molecule has 1 saturated heterocycles. The molecular weight excluding hydrogens is 366 g/mol. The van der Waals surface area contributed by atoms with Crippen LogP contribution >= 0.6 is 0 Å². The van der Waals surface area contributed by atoms with Gasteiger partial charge in [0.05, 0.1) is 5.57 Å². The van der Waals surface area contributed by atoms with Crippen LogP contribution in [0.4, 0.5) is 5.95 Å². The summed E-state index contributed by atoms with van der Waals surface area (Å²) in [4.78, 5) is 40.5. The van der Waals surface area contributed by atoms with Crippen LogP contribution in [0.1, 0.15) is 25.0 Å². The second-order valence-electron chi connectivity index (χ2n) is 7.69. The largest absolute Gasteiger partial charge is 0.363 e. The van der Waals surface area contributed by atoms with E-state index < -0.39 is 0 Å². The van der Waals surface area contributed by atoms with E-state index in [1.165, 1.54) is 4.90 Å². The maximum Gasteiger partial charge on any atom is 0.278 e. The quantitative estimate of drug-likeness (QED) is 0.744. The van der Waals surface area contributed by atoms with Crippen molar-refractivity contribution in [1.29, 1.82) is 0 Å². The molecule has 1 fully saturated rings. The van der Waals surface area contributed by atoms with Gasteiger partial charge < -0.3 is 9.80 Å². The maximum absolute atomic E-state index is 13.2. The summed E-state index contributed by atoms with van der Waals surface area (Å²) in [7, 11) is 0. The molecule has 2 aromatic rings. The summed E-state index contributed by atoms with van der Waals surface area (Å²) < 4.78 is 0. The first-order chi connectivity index (χ1) is 14.0. The van der Waals surface area contributed by atoms with Gasteiger partial charge in [0.1, 0.15) is 5.70 Å². The molecule has 3 heterocycles. The molecule has 1 aromatic carbocycles. The number of benzene rings is 1. The third kappa shape index (κ3) is 3.48. The van der Waals surface area contributed by atoms with Crippen LogP contribution < -0.4 is 4.90 Å². The topological polar surface area (TPSA) is 69.6 Å². The summed E-state index contributed by atoms with van der Waals surface area (Å²) in [6.45, 7) is 8.40. The Hall–Kier alpha value is -3.22. The molecule has 7 nitrogen and oxygen atoms in total. The van der Waals surface area contributed by atoms with Crippen molar-refractivity contribution in [3.05, 3.63) is 59.5 Å². The summed E-state index contributed by atoms with van der Waals surface area (Å²) >= 11 is 0. The molecule has 2 amide bonds. The number of hydrogen-bond donors (Lipinski definition) is 0. The number of carbonyl (C=O) groups excluding carboxylic acids is 2. The maximum atomic E-state index is 13.2. The van der Waals surface area contributed by atoms with Gasteiger partial charge in [-0.05, 0) is 32.4 Å². The van der Waals surface area contributed by atoms with Crippen LogP contribution in [0.5, 0.6) is 0 Å². The Morgan fingerprint density at radius 3 is 2.03 bits per heavy atom. The summed E-state index contributed by atoms with van der Waals surface area (Å²) in [6.07, 6.45) is 3.46. The Bertz CT molecular complexity index is 945. The lowest BCUT2D eigenvalue weighted by Crippen LogP contribution is -2.48. The SMILES string of the molecule is Cc1ccc(C2=C(N3CCN(c4ncccn4)CC3)C(=O)N(C(C)C)C2=O)cc1. The Morgan fingerprint density at radius 2 is 1.45 bits per heavy atom. The van der Waals surface area contributed by atoms with E-state index in [1.54, 1.807) is 18.5 Å². The first-order valence-electron chi connectivity index (χ1n) is 9.93. The normalized spacial score (nSPS) is 17.7. The lowest BCUT2D eigenvalue weighted by Gasteiger charge is -2.36. The van der Waals surface area contributed by atoms with Gasteiger partial charge in [-0.2, -0.15) is 0 Å². The third-order valence-corrected chi connectivity index (χ3v) is 5.38. The number of hydrogen-bond acceptors (Lipinski definition) is 6. The highest BCUT2D eigenvalue weighted by molar-refractivity contribution is 6.35. The smallest absolute Gasteiger partial charge is 0.278 e. The average Bonchev–Trinajstić information content (AvgIpc) is 2.99. The minimum atomic E-state index is -0.210. The zero-order valence-corrected chi connectivity index (χ0v) is 17.0. The monoisotopic (exact) mass is 391 g/mol. The summed E-state index contributed by atoms with van der Waals surface area (Å²) in [5.74, 6) is 0.278. The first kappa shape index (κ1) is 19.1. The van der Waals surface area contributed by atoms with Gasteiger partial charge >= 0.3 is 0 Å². The molecule has 0 bridgehead atoms. The van der Waals surface area contributed by atoms with Gasteiger partial charge in [0.25, 0.3) is 11.8 Å². The van der Waals surface area contributed by atoms with E-state index in [4.69, 9.17) is 0 Å². The molecule has 0 atom stereocenters. The number of aryl methyl sites for hydroxylation is 1. The van der Waals surface area contributed by atoms with Crippen molar-refractivity contribution < 1.29 is 9.59 Å². The second-order valence-corrected chi connectivity index (χ2v) is 7.69. The molecule has 2 aliphatic rings. The standard InChI is InChI=1S/C22H25N5O2/c1-15(2)27-20(28)18(17-7-5-16(3)6-8-17)19(21(27)29)25-11-13-26(14-12-25)22-23-9-4-10-24-22/h4-10,15H,11-14H2,1-3H3. The van der Waals surface area contributed by atoms with Crippen molar-refractivity contribution in [2.45, 2.75) is 26.8 Å². The molecule has 0 saturated carbocycles. The highest BCUT2D eigenvalue weighted by atomic mass is 16.2. The molecule has 0 unspecified atom stereocenters. The van der Waals surface area contributed by atoms with Crippen molar-refractivity contribution in [3.8, 4) is 0 Å². The molecule has 4 rings (SSSR count). The molecule has 29 heavy (non-hydrogen) atoms. The number of imide groups is 1. The first-order valence-corrected chi connectivity index (χ1v) is 9.93. The highest BCUT2D eigenvalue weighted by Crippen LogP contribution is 2.33. The van der Waals surface area contributed by atoms with Crippen molar-refractivity contribution in [2.75, 3.05) is 31.1 Å². The van der Waals surface area contributed by atoms with Gasteiger partial charge in [-0.25, -0.2) is 9.97 Å². The van der Waals surface area contributed by atoms with Gasteiger partial charge in [-0.3, -0.25) is 14.5 Å². The fourth-order valence-corrected chi connectivity index (χ4v) is 3.86. The number of aromatic nitrogens is 2. The Morgan fingerprint density at radius 1 is 0.862 bits per heavy atom. The minimum absolute atomic E-state index is 0.188. The van der Waals surface area contributed by atoms with E-state index in [-0.39, 0.29) is 17.9 Å². The zero-order chi connectivity index (χ0) is 20.5. The van der Waals surface area contributed by atoms with Crippen molar-refractivity contribution in [1.82, 2.24) is 19.8 Å². The van der Waals surface area contributed by atoms with E-state index in [0.29, 0.717) is 43.4 Å². The van der Waals surface area contributed by atoms with Crippen LogP contribution in [-0.2, 0) is 9.59 Å². The summed E-state index contributed by atoms with van der Waals surface area (Å²) in [5.41, 5.74) is 2.93. The van der Waals surface area contributed by atoms with Gasteiger partial charge in [0.15, 0.2) is 0 Å². The van der Waals surface area contributed by atoms with Gasteiger partial charge in [0.2, 0.25) is 5.95 Å². The molecule has 0 N–H and O–H groups in total. The fraction of sp³-hybridized carbons (Fsp3) is 0.364.